The van der Waals surface area contributed by atoms with E-state index in [0.717, 1.165) is 83.5 Å². The van der Waals surface area contributed by atoms with Crippen molar-refractivity contribution in [1.82, 2.24) is 19.9 Å². The Kier molecular flexibility index (Phi) is 6.62. The molecule has 1 amide bonds. The maximum absolute atomic E-state index is 11.5. The van der Waals surface area contributed by atoms with Crippen LogP contribution in [0.4, 0.5) is 5.82 Å². The Morgan fingerprint density at radius 2 is 1.75 bits per heavy atom. The molecule has 40 heavy (non-hydrogen) atoms. The minimum absolute atomic E-state index is 0.0514. The van der Waals surface area contributed by atoms with Gasteiger partial charge in [0.25, 0.3) is 0 Å². The van der Waals surface area contributed by atoms with Gasteiger partial charge in [-0.25, -0.2) is 15.0 Å². The summed E-state index contributed by atoms with van der Waals surface area (Å²) < 4.78 is 5.60. The monoisotopic (exact) mass is 534 g/mol. The van der Waals surface area contributed by atoms with Gasteiger partial charge in [-0.15, -0.1) is 0 Å². The summed E-state index contributed by atoms with van der Waals surface area (Å²) in [5.41, 5.74) is 13.4. The molecule has 4 aromatic rings. The van der Waals surface area contributed by atoms with Crippen LogP contribution in [-0.2, 0) is 11.8 Å². The number of rotatable bonds is 7. The first-order chi connectivity index (χ1) is 19.3. The summed E-state index contributed by atoms with van der Waals surface area (Å²) in [7, 11) is 0. The zero-order valence-electron chi connectivity index (χ0n) is 23.2. The average Bonchev–Trinajstić information content (AvgIpc) is 3.58. The molecule has 3 heterocycles. The van der Waals surface area contributed by atoms with Gasteiger partial charge in [0.15, 0.2) is 0 Å². The standard InChI is InChI=1S/C32H34N6O2/c1-4-40-25-11-9-22(10-12-25)28-20(2)36-31(37-28)32(3)13-15-38(16-14-32)30-26-17-24(18-27(26)34-19-35-30)21-5-7-23(8-6-21)29(33)39/h5-12,17,19H,4,13-16,18H2,1-3H3,(H2,33,39)(H,36,37). The predicted octanol–water partition coefficient (Wildman–Crippen LogP) is 5.33. The molecular formula is C32H34N6O2. The third-order valence-corrected chi connectivity index (χ3v) is 8.22. The number of aromatic amines is 1. The van der Waals surface area contributed by atoms with E-state index in [0.29, 0.717) is 12.2 Å². The SMILES string of the molecule is CCOc1ccc(-c2nc(C3(C)CCN(c4ncnc5c4C=C(c4ccc(C(N)=O)cc4)C5)CC3)[nH]c2C)cc1. The molecule has 2 aromatic carbocycles. The van der Waals surface area contributed by atoms with Crippen molar-refractivity contribution in [3.63, 3.8) is 0 Å². The number of hydrogen-bond donors (Lipinski definition) is 2. The number of nitrogens with one attached hydrogen (secondary N) is 1. The van der Waals surface area contributed by atoms with E-state index in [1.807, 2.05) is 31.2 Å². The van der Waals surface area contributed by atoms with Crippen LogP contribution < -0.4 is 15.4 Å². The van der Waals surface area contributed by atoms with Crippen molar-refractivity contribution in [3.8, 4) is 17.0 Å². The highest BCUT2D eigenvalue weighted by molar-refractivity contribution is 5.95. The van der Waals surface area contributed by atoms with Crippen LogP contribution in [0.15, 0.2) is 54.9 Å². The van der Waals surface area contributed by atoms with Crippen molar-refractivity contribution in [2.75, 3.05) is 24.6 Å². The number of nitrogens with zero attached hydrogens (tertiary/aromatic N) is 4. The number of H-pyrrole nitrogens is 1. The minimum Gasteiger partial charge on any atom is -0.494 e. The van der Waals surface area contributed by atoms with Crippen LogP contribution in [0.1, 0.15) is 65.4 Å². The Bertz CT molecular complexity index is 1580. The molecule has 3 N–H and O–H groups in total. The van der Waals surface area contributed by atoms with Gasteiger partial charge in [0.1, 0.15) is 23.7 Å². The fourth-order valence-corrected chi connectivity index (χ4v) is 5.75. The van der Waals surface area contributed by atoms with Crippen molar-refractivity contribution in [2.24, 2.45) is 5.73 Å². The number of aromatic nitrogens is 4. The third-order valence-electron chi connectivity index (χ3n) is 8.22. The summed E-state index contributed by atoms with van der Waals surface area (Å²) >= 11 is 0. The first kappa shape index (κ1) is 25.8. The van der Waals surface area contributed by atoms with Gasteiger partial charge < -0.3 is 20.4 Å². The zero-order chi connectivity index (χ0) is 27.9. The second-order valence-corrected chi connectivity index (χ2v) is 10.9. The maximum atomic E-state index is 11.5. The lowest BCUT2D eigenvalue weighted by molar-refractivity contribution is 0.100. The molecule has 0 spiro atoms. The number of carbonyl (C=O) groups excluding carboxylic acids is 1. The molecule has 0 unspecified atom stereocenters. The Hall–Kier alpha value is -4.46. The number of ether oxygens (including phenoxy) is 1. The summed E-state index contributed by atoms with van der Waals surface area (Å²) in [5, 5.41) is 0. The number of benzene rings is 2. The number of amides is 1. The number of aryl methyl sites for hydroxylation is 1. The van der Waals surface area contributed by atoms with Gasteiger partial charge in [-0.3, -0.25) is 4.79 Å². The van der Waals surface area contributed by atoms with E-state index in [-0.39, 0.29) is 5.41 Å². The quantitative estimate of drug-likeness (QED) is 0.332. The Morgan fingerprint density at radius 3 is 2.42 bits per heavy atom. The van der Waals surface area contributed by atoms with E-state index in [4.69, 9.17) is 20.4 Å². The van der Waals surface area contributed by atoms with Crippen molar-refractivity contribution >= 4 is 23.4 Å². The molecule has 0 atom stereocenters. The lowest BCUT2D eigenvalue weighted by atomic mass is 9.79. The Labute approximate surface area is 234 Å². The molecule has 0 radical (unpaired) electrons. The normalized spacial score (nSPS) is 16.0. The summed E-state index contributed by atoms with van der Waals surface area (Å²) in [6, 6.07) is 15.6. The second-order valence-electron chi connectivity index (χ2n) is 10.9. The molecule has 1 aliphatic carbocycles. The zero-order valence-corrected chi connectivity index (χ0v) is 23.2. The van der Waals surface area contributed by atoms with Crippen molar-refractivity contribution in [1.29, 1.82) is 0 Å². The van der Waals surface area contributed by atoms with E-state index in [1.54, 1.807) is 18.5 Å². The maximum Gasteiger partial charge on any atom is 0.248 e. The van der Waals surface area contributed by atoms with E-state index >= 15 is 0 Å². The number of piperidine rings is 1. The number of hydrogen-bond acceptors (Lipinski definition) is 6. The number of allylic oxidation sites excluding steroid dienone is 1. The fourth-order valence-electron chi connectivity index (χ4n) is 5.75. The number of primary amides is 1. The smallest absolute Gasteiger partial charge is 0.248 e. The molecule has 2 aromatic heterocycles. The van der Waals surface area contributed by atoms with Crippen LogP contribution in [-0.4, -0.2) is 45.5 Å². The first-order valence-corrected chi connectivity index (χ1v) is 13.8. The second kappa shape index (κ2) is 10.3. The molecule has 1 aliphatic heterocycles. The van der Waals surface area contributed by atoms with Crippen LogP contribution >= 0.6 is 0 Å². The molecular weight excluding hydrogens is 500 g/mol. The minimum atomic E-state index is -0.419. The van der Waals surface area contributed by atoms with E-state index in [1.165, 1.54) is 5.57 Å². The fraction of sp³-hybridized carbons (Fsp3) is 0.312. The van der Waals surface area contributed by atoms with Gasteiger partial charge in [-0.1, -0.05) is 19.1 Å². The lowest BCUT2D eigenvalue weighted by Crippen LogP contribution is -2.42. The first-order valence-electron chi connectivity index (χ1n) is 13.8. The molecule has 6 rings (SSSR count). The Balaban J connectivity index is 1.19. The van der Waals surface area contributed by atoms with Crippen LogP contribution in [0, 0.1) is 6.92 Å². The predicted molar refractivity (Wildman–Crippen MR) is 157 cm³/mol. The summed E-state index contributed by atoms with van der Waals surface area (Å²) in [6.45, 7) is 8.81. The molecule has 1 saturated heterocycles. The number of anilines is 1. The third kappa shape index (κ3) is 4.74. The van der Waals surface area contributed by atoms with Gasteiger partial charge in [0, 0.05) is 47.3 Å². The highest BCUT2D eigenvalue weighted by Crippen LogP contribution is 2.40. The Morgan fingerprint density at radius 1 is 1.05 bits per heavy atom. The molecule has 2 aliphatic rings. The van der Waals surface area contributed by atoms with Crippen LogP contribution in [0.5, 0.6) is 5.75 Å². The molecule has 0 bridgehead atoms. The average molecular weight is 535 g/mol. The van der Waals surface area contributed by atoms with Gasteiger partial charge in [-0.2, -0.15) is 0 Å². The van der Waals surface area contributed by atoms with E-state index in [2.05, 4.69) is 46.9 Å². The van der Waals surface area contributed by atoms with Crippen molar-refractivity contribution in [3.05, 3.63) is 88.8 Å². The number of imidazole rings is 1. The highest BCUT2D eigenvalue weighted by Gasteiger charge is 2.36. The van der Waals surface area contributed by atoms with Crippen LogP contribution in [0.25, 0.3) is 22.9 Å². The van der Waals surface area contributed by atoms with Crippen molar-refractivity contribution in [2.45, 2.75) is 45.4 Å². The van der Waals surface area contributed by atoms with Gasteiger partial charge in [0.05, 0.1) is 18.0 Å². The molecule has 1 fully saturated rings. The lowest BCUT2D eigenvalue weighted by Gasteiger charge is -2.39. The summed E-state index contributed by atoms with van der Waals surface area (Å²) in [6.07, 6.45) is 6.54. The van der Waals surface area contributed by atoms with Gasteiger partial charge in [-0.05, 0) is 80.3 Å². The number of fused-ring (bicyclic) bond motifs is 1. The summed E-state index contributed by atoms with van der Waals surface area (Å²) in [5.74, 6) is 2.49. The molecule has 0 saturated carbocycles. The molecule has 8 nitrogen and oxygen atoms in total. The van der Waals surface area contributed by atoms with Gasteiger partial charge >= 0.3 is 0 Å². The largest absolute Gasteiger partial charge is 0.494 e. The molecule has 8 heteroatoms. The number of nitrogens with two attached hydrogens (primary N) is 1. The van der Waals surface area contributed by atoms with Crippen LogP contribution in [0.3, 0.4) is 0 Å². The molecule has 204 valence electrons. The highest BCUT2D eigenvalue weighted by atomic mass is 16.5. The van der Waals surface area contributed by atoms with Crippen molar-refractivity contribution < 1.29 is 9.53 Å². The van der Waals surface area contributed by atoms with Gasteiger partial charge in [0.2, 0.25) is 5.91 Å². The van der Waals surface area contributed by atoms with E-state index < -0.39 is 5.91 Å². The van der Waals surface area contributed by atoms with E-state index in [9.17, 15) is 4.79 Å². The number of carbonyl (C=O) groups is 1. The summed E-state index contributed by atoms with van der Waals surface area (Å²) in [4.78, 5) is 31.8. The topological polar surface area (TPSA) is 110 Å². The van der Waals surface area contributed by atoms with Crippen LogP contribution in [0.2, 0.25) is 0 Å².